The highest BCUT2D eigenvalue weighted by Gasteiger charge is 1.93. The Balaban J connectivity index is 2.52. The summed E-state index contributed by atoms with van der Waals surface area (Å²) < 4.78 is 5.06. The minimum Gasteiger partial charge on any atom is -0.462 e. The van der Waals surface area contributed by atoms with Crippen molar-refractivity contribution in [3.05, 3.63) is 18.0 Å². The normalized spacial score (nSPS) is 9.64. The lowest BCUT2D eigenvalue weighted by atomic mass is 10.4. The summed E-state index contributed by atoms with van der Waals surface area (Å²) >= 11 is 0. The Kier molecular flexibility index (Phi) is 2.80. The summed E-state index contributed by atoms with van der Waals surface area (Å²) in [5, 5.41) is 0. The second-order valence-electron chi connectivity index (χ2n) is 2.18. The average molecular weight is 153 g/mol. The fourth-order valence-corrected chi connectivity index (χ4v) is 0.605. The Morgan fingerprint density at radius 3 is 2.64 bits per heavy atom. The van der Waals surface area contributed by atoms with Crippen LogP contribution in [-0.2, 0) is 0 Å². The van der Waals surface area contributed by atoms with Crippen molar-refractivity contribution in [2.45, 2.75) is 6.92 Å². The summed E-state index contributed by atoms with van der Waals surface area (Å²) in [4.78, 5) is 7.85. The van der Waals surface area contributed by atoms with Gasteiger partial charge in [0.05, 0.1) is 0 Å². The van der Waals surface area contributed by atoms with E-state index >= 15 is 0 Å². The monoisotopic (exact) mass is 153 g/mol. The molecule has 0 spiro atoms. The fraction of sp³-hybridized carbons (Fsp3) is 0.429. The van der Waals surface area contributed by atoms with E-state index in [0.717, 1.165) is 5.56 Å². The fourth-order valence-electron chi connectivity index (χ4n) is 0.605. The first-order chi connectivity index (χ1) is 5.33. The van der Waals surface area contributed by atoms with Crippen molar-refractivity contribution < 1.29 is 4.74 Å². The molecule has 0 aliphatic rings. The average Bonchev–Trinajstić information content (AvgIpc) is 2.04. The van der Waals surface area contributed by atoms with E-state index in [-0.39, 0.29) is 0 Å². The predicted molar refractivity (Wildman–Crippen MR) is 41.3 cm³/mol. The molecule has 0 radical (unpaired) electrons. The van der Waals surface area contributed by atoms with E-state index in [0.29, 0.717) is 19.2 Å². The van der Waals surface area contributed by atoms with Gasteiger partial charge in [-0.15, -0.1) is 0 Å². The van der Waals surface area contributed by atoms with Crippen molar-refractivity contribution in [3.63, 3.8) is 0 Å². The molecule has 0 amide bonds. The maximum absolute atomic E-state index is 5.23. The molecule has 1 rings (SSSR count). The van der Waals surface area contributed by atoms with Crippen LogP contribution in [0.5, 0.6) is 6.01 Å². The molecule has 1 aromatic rings. The molecule has 11 heavy (non-hydrogen) atoms. The van der Waals surface area contributed by atoms with Gasteiger partial charge in [-0.25, -0.2) is 9.97 Å². The standard InChI is InChI=1S/C7H11N3O/c1-6-4-9-7(10-5-6)11-3-2-8/h4-5H,2-3,8H2,1H3. The number of ether oxygens (including phenoxy) is 1. The van der Waals surface area contributed by atoms with Crippen molar-refractivity contribution >= 4 is 0 Å². The van der Waals surface area contributed by atoms with Crippen LogP contribution in [-0.4, -0.2) is 23.1 Å². The number of rotatable bonds is 3. The zero-order valence-corrected chi connectivity index (χ0v) is 6.45. The lowest BCUT2D eigenvalue weighted by molar-refractivity contribution is 0.302. The minimum absolute atomic E-state index is 0.390. The molecule has 2 N–H and O–H groups in total. The number of aromatic nitrogens is 2. The highest BCUT2D eigenvalue weighted by atomic mass is 16.5. The largest absolute Gasteiger partial charge is 0.462 e. The number of hydrogen-bond donors (Lipinski definition) is 1. The van der Waals surface area contributed by atoms with Crippen molar-refractivity contribution in [1.82, 2.24) is 9.97 Å². The first-order valence-electron chi connectivity index (χ1n) is 3.44. The molecule has 1 heterocycles. The molecule has 0 aliphatic heterocycles. The predicted octanol–water partition coefficient (Wildman–Crippen LogP) is 0.123. The van der Waals surface area contributed by atoms with E-state index in [1.54, 1.807) is 12.4 Å². The maximum Gasteiger partial charge on any atom is 0.316 e. The van der Waals surface area contributed by atoms with Gasteiger partial charge in [-0.1, -0.05) is 0 Å². The van der Waals surface area contributed by atoms with Crippen LogP contribution in [0.1, 0.15) is 5.56 Å². The summed E-state index contributed by atoms with van der Waals surface area (Å²) in [5.74, 6) is 0. The lowest BCUT2D eigenvalue weighted by Gasteiger charge is -2.00. The smallest absolute Gasteiger partial charge is 0.316 e. The molecule has 4 heteroatoms. The molecule has 4 nitrogen and oxygen atoms in total. The SMILES string of the molecule is Cc1cnc(OCCN)nc1. The molecule has 0 saturated carbocycles. The van der Waals surface area contributed by atoms with Gasteiger partial charge in [-0.05, 0) is 12.5 Å². The molecule has 1 aromatic heterocycles. The minimum atomic E-state index is 0.390. The summed E-state index contributed by atoms with van der Waals surface area (Å²) in [5.41, 5.74) is 6.24. The summed E-state index contributed by atoms with van der Waals surface area (Å²) in [6.45, 7) is 2.87. The van der Waals surface area contributed by atoms with Crippen LogP contribution in [0, 0.1) is 6.92 Å². The Labute approximate surface area is 65.4 Å². The van der Waals surface area contributed by atoms with E-state index < -0.39 is 0 Å². The van der Waals surface area contributed by atoms with E-state index in [1.807, 2.05) is 6.92 Å². The molecule has 0 unspecified atom stereocenters. The van der Waals surface area contributed by atoms with E-state index in [2.05, 4.69) is 9.97 Å². The van der Waals surface area contributed by atoms with Gasteiger partial charge in [0.25, 0.3) is 0 Å². The van der Waals surface area contributed by atoms with Gasteiger partial charge in [0.2, 0.25) is 0 Å². The van der Waals surface area contributed by atoms with Crippen molar-refractivity contribution in [2.75, 3.05) is 13.2 Å². The van der Waals surface area contributed by atoms with E-state index in [4.69, 9.17) is 10.5 Å². The molecule has 0 fully saturated rings. The number of aryl methyl sites for hydroxylation is 1. The third-order valence-electron chi connectivity index (χ3n) is 1.11. The Hall–Kier alpha value is -1.16. The van der Waals surface area contributed by atoms with Crippen molar-refractivity contribution in [1.29, 1.82) is 0 Å². The molecule has 0 bridgehead atoms. The van der Waals surface area contributed by atoms with Crippen molar-refractivity contribution in [3.8, 4) is 6.01 Å². The van der Waals surface area contributed by atoms with Gasteiger partial charge in [0.1, 0.15) is 6.61 Å². The zero-order valence-electron chi connectivity index (χ0n) is 6.45. The van der Waals surface area contributed by atoms with Crippen LogP contribution >= 0.6 is 0 Å². The number of nitrogens with zero attached hydrogens (tertiary/aromatic N) is 2. The van der Waals surface area contributed by atoms with Crippen LogP contribution in [0.15, 0.2) is 12.4 Å². The summed E-state index contributed by atoms with van der Waals surface area (Å²) in [6, 6.07) is 0.390. The zero-order chi connectivity index (χ0) is 8.10. The Bertz CT molecular complexity index is 209. The molecular weight excluding hydrogens is 142 g/mol. The van der Waals surface area contributed by atoms with Gasteiger partial charge < -0.3 is 10.5 Å². The molecule has 60 valence electrons. The molecular formula is C7H11N3O. The van der Waals surface area contributed by atoms with Crippen LogP contribution in [0.3, 0.4) is 0 Å². The lowest BCUT2D eigenvalue weighted by Crippen LogP contribution is -2.11. The Morgan fingerprint density at radius 2 is 2.09 bits per heavy atom. The quantitative estimate of drug-likeness (QED) is 0.670. The third-order valence-corrected chi connectivity index (χ3v) is 1.11. The first kappa shape index (κ1) is 7.94. The molecule has 0 saturated heterocycles. The van der Waals surface area contributed by atoms with Crippen LogP contribution < -0.4 is 10.5 Å². The third kappa shape index (κ3) is 2.51. The van der Waals surface area contributed by atoms with Gasteiger partial charge in [-0.2, -0.15) is 0 Å². The Morgan fingerprint density at radius 1 is 1.45 bits per heavy atom. The van der Waals surface area contributed by atoms with Gasteiger partial charge in [0.15, 0.2) is 0 Å². The second-order valence-corrected chi connectivity index (χ2v) is 2.18. The van der Waals surface area contributed by atoms with Gasteiger partial charge in [-0.3, -0.25) is 0 Å². The van der Waals surface area contributed by atoms with E-state index in [9.17, 15) is 0 Å². The first-order valence-corrected chi connectivity index (χ1v) is 3.44. The molecule has 0 atom stereocenters. The van der Waals surface area contributed by atoms with E-state index in [1.165, 1.54) is 0 Å². The van der Waals surface area contributed by atoms with Gasteiger partial charge >= 0.3 is 6.01 Å². The second kappa shape index (κ2) is 3.88. The number of hydrogen-bond acceptors (Lipinski definition) is 4. The number of nitrogens with two attached hydrogens (primary N) is 1. The summed E-state index contributed by atoms with van der Waals surface area (Å²) in [7, 11) is 0. The van der Waals surface area contributed by atoms with Crippen LogP contribution in [0.4, 0.5) is 0 Å². The highest BCUT2D eigenvalue weighted by molar-refractivity contribution is 5.04. The molecule has 0 aliphatic carbocycles. The maximum atomic E-state index is 5.23. The topological polar surface area (TPSA) is 61.0 Å². The molecule has 0 aromatic carbocycles. The van der Waals surface area contributed by atoms with Crippen molar-refractivity contribution in [2.24, 2.45) is 5.73 Å². The highest BCUT2D eigenvalue weighted by Crippen LogP contribution is 1.99. The summed E-state index contributed by atoms with van der Waals surface area (Å²) in [6.07, 6.45) is 3.41. The van der Waals surface area contributed by atoms with Crippen LogP contribution in [0.25, 0.3) is 0 Å². The van der Waals surface area contributed by atoms with Crippen LogP contribution in [0.2, 0.25) is 0 Å². The van der Waals surface area contributed by atoms with Gasteiger partial charge in [0, 0.05) is 18.9 Å².